The molecule has 1 aliphatic rings. The number of amides is 1. The Morgan fingerprint density at radius 3 is 2.78 bits per heavy atom. The smallest absolute Gasteiger partial charge is 0.229 e. The number of nitrogens with zero attached hydrogens (tertiary/aromatic N) is 2. The van der Waals surface area contributed by atoms with Gasteiger partial charge in [-0.3, -0.25) is 9.89 Å². The number of hydrogen-bond acceptors (Lipinski definition) is 5. The maximum atomic E-state index is 14.9. The van der Waals surface area contributed by atoms with Crippen LogP contribution in [0.5, 0.6) is 5.75 Å². The Bertz CT molecular complexity index is 1040. The molecular weight excluding hydrogens is 409 g/mol. The average Bonchev–Trinajstić information content (AvgIpc) is 3.48. The SMILES string of the molecule is CN(C)CCOc1cc(-c2cn[nH]c2)c(F)cc1NC(=O)[C@@H]1CNC[C@H]1c1ccccc1. The molecule has 1 saturated heterocycles. The first-order valence-corrected chi connectivity index (χ1v) is 10.7. The van der Waals surface area contributed by atoms with Gasteiger partial charge in [-0.25, -0.2) is 4.39 Å². The minimum atomic E-state index is -0.453. The number of hydrogen-bond donors (Lipinski definition) is 3. The highest BCUT2D eigenvalue weighted by Crippen LogP contribution is 2.35. The molecule has 8 heteroatoms. The van der Waals surface area contributed by atoms with E-state index >= 15 is 0 Å². The molecule has 0 bridgehead atoms. The predicted molar refractivity (Wildman–Crippen MR) is 122 cm³/mol. The van der Waals surface area contributed by atoms with Gasteiger partial charge in [-0.05, 0) is 25.7 Å². The molecule has 4 rings (SSSR count). The quantitative estimate of drug-likeness (QED) is 0.505. The fourth-order valence-corrected chi connectivity index (χ4v) is 3.96. The zero-order valence-corrected chi connectivity index (χ0v) is 18.3. The Morgan fingerprint density at radius 1 is 1.25 bits per heavy atom. The summed E-state index contributed by atoms with van der Waals surface area (Å²) >= 11 is 0. The van der Waals surface area contributed by atoms with Gasteiger partial charge in [0, 0.05) is 48.9 Å². The van der Waals surface area contributed by atoms with Gasteiger partial charge < -0.3 is 20.3 Å². The molecule has 3 N–H and O–H groups in total. The van der Waals surface area contributed by atoms with Gasteiger partial charge in [0.2, 0.25) is 5.91 Å². The van der Waals surface area contributed by atoms with Crippen molar-refractivity contribution >= 4 is 11.6 Å². The van der Waals surface area contributed by atoms with Crippen LogP contribution in [-0.4, -0.2) is 61.3 Å². The molecule has 0 saturated carbocycles. The first kappa shape index (κ1) is 22.0. The molecule has 3 aromatic rings. The molecule has 0 aliphatic carbocycles. The van der Waals surface area contributed by atoms with Crippen LogP contribution in [0, 0.1) is 11.7 Å². The molecule has 0 spiro atoms. The number of ether oxygens (including phenoxy) is 1. The van der Waals surface area contributed by atoms with Crippen LogP contribution in [0.1, 0.15) is 11.5 Å². The number of nitrogens with one attached hydrogen (secondary N) is 3. The number of likely N-dealkylation sites (N-methyl/N-ethyl adjacent to an activating group) is 1. The molecule has 1 aromatic heterocycles. The molecule has 168 valence electrons. The third-order valence-electron chi connectivity index (χ3n) is 5.71. The molecule has 0 unspecified atom stereocenters. The summed E-state index contributed by atoms with van der Waals surface area (Å²) in [6, 6.07) is 12.9. The van der Waals surface area contributed by atoms with Crippen LogP contribution >= 0.6 is 0 Å². The molecule has 1 aliphatic heterocycles. The molecule has 7 nitrogen and oxygen atoms in total. The van der Waals surface area contributed by atoms with E-state index in [1.165, 1.54) is 6.07 Å². The van der Waals surface area contributed by atoms with Gasteiger partial charge in [0.25, 0.3) is 0 Å². The fourth-order valence-electron chi connectivity index (χ4n) is 3.96. The van der Waals surface area contributed by atoms with E-state index in [-0.39, 0.29) is 17.7 Å². The minimum absolute atomic E-state index is 0.0596. The number of halogens is 1. The Hall–Kier alpha value is -3.23. The second kappa shape index (κ2) is 9.93. The largest absolute Gasteiger partial charge is 0.490 e. The Labute approximate surface area is 187 Å². The van der Waals surface area contributed by atoms with E-state index in [1.54, 1.807) is 18.5 Å². The number of carbonyl (C=O) groups is 1. The van der Waals surface area contributed by atoms with Crippen molar-refractivity contribution in [2.24, 2.45) is 5.92 Å². The van der Waals surface area contributed by atoms with Crippen molar-refractivity contribution in [3.63, 3.8) is 0 Å². The molecule has 1 fully saturated rings. The maximum absolute atomic E-state index is 14.9. The summed E-state index contributed by atoms with van der Waals surface area (Å²) in [4.78, 5) is 15.2. The highest BCUT2D eigenvalue weighted by Gasteiger charge is 2.34. The first-order chi connectivity index (χ1) is 15.5. The number of benzene rings is 2. The van der Waals surface area contributed by atoms with Gasteiger partial charge in [-0.1, -0.05) is 30.3 Å². The van der Waals surface area contributed by atoms with Crippen LogP contribution in [0.25, 0.3) is 11.1 Å². The number of aromatic nitrogens is 2. The van der Waals surface area contributed by atoms with Crippen LogP contribution in [0.4, 0.5) is 10.1 Å². The molecule has 32 heavy (non-hydrogen) atoms. The summed E-state index contributed by atoms with van der Waals surface area (Å²) in [5.41, 5.74) is 2.42. The van der Waals surface area contributed by atoms with E-state index in [1.807, 2.05) is 49.3 Å². The zero-order chi connectivity index (χ0) is 22.5. The van der Waals surface area contributed by atoms with Gasteiger partial charge >= 0.3 is 0 Å². The standard InChI is InChI=1S/C24H28FN5O2/c1-30(2)8-9-32-23-10-18(17-12-27-28-13-17)21(25)11-22(23)29-24(31)20-15-26-14-19(20)16-6-4-3-5-7-16/h3-7,10-13,19-20,26H,8-9,14-15H2,1-2H3,(H,27,28)(H,29,31)/t19-,20+/m0/s1. The minimum Gasteiger partial charge on any atom is -0.490 e. The van der Waals surface area contributed by atoms with E-state index in [0.717, 1.165) is 12.1 Å². The van der Waals surface area contributed by atoms with Gasteiger partial charge in [-0.15, -0.1) is 0 Å². The average molecular weight is 438 g/mol. The second-order valence-electron chi connectivity index (χ2n) is 8.24. The summed E-state index contributed by atoms with van der Waals surface area (Å²) < 4.78 is 20.9. The molecule has 2 aromatic carbocycles. The van der Waals surface area contributed by atoms with Crippen molar-refractivity contribution in [3.8, 4) is 16.9 Å². The van der Waals surface area contributed by atoms with E-state index in [0.29, 0.717) is 42.3 Å². The van der Waals surface area contributed by atoms with Crippen molar-refractivity contribution in [1.29, 1.82) is 0 Å². The van der Waals surface area contributed by atoms with E-state index < -0.39 is 5.82 Å². The number of H-pyrrole nitrogens is 1. The molecule has 2 atom stereocenters. The summed E-state index contributed by atoms with van der Waals surface area (Å²) in [6.45, 7) is 2.39. The lowest BCUT2D eigenvalue weighted by molar-refractivity contribution is -0.119. The Morgan fingerprint density at radius 2 is 2.06 bits per heavy atom. The molecule has 1 amide bonds. The third-order valence-corrected chi connectivity index (χ3v) is 5.71. The second-order valence-corrected chi connectivity index (χ2v) is 8.24. The van der Waals surface area contributed by atoms with Crippen LogP contribution < -0.4 is 15.4 Å². The lowest BCUT2D eigenvalue weighted by Crippen LogP contribution is -2.28. The molecule has 2 heterocycles. The van der Waals surface area contributed by atoms with Crippen LogP contribution in [-0.2, 0) is 4.79 Å². The normalized spacial score (nSPS) is 18.1. The number of anilines is 1. The van der Waals surface area contributed by atoms with Gasteiger partial charge in [0.1, 0.15) is 18.2 Å². The fraction of sp³-hybridized carbons (Fsp3) is 0.333. The van der Waals surface area contributed by atoms with Crippen LogP contribution in [0.3, 0.4) is 0 Å². The van der Waals surface area contributed by atoms with Crippen LogP contribution in [0.15, 0.2) is 54.9 Å². The Kier molecular flexibility index (Phi) is 6.82. The van der Waals surface area contributed by atoms with E-state index in [4.69, 9.17) is 4.74 Å². The monoisotopic (exact) mass is 437 g/mol. The van der Waals surface area contributed by atoms with Gasteiger partial charge in [0.05, 0.1) is 17.8 Å². The summed E-state index contributed by atoms with van der Waals surface area (Å²) in [5, 5.41) is 12.8. The van der Waals surface area contributed by atoms with E-state index in [2.05, 4.69) is 20.8 Å². The van der Waals surface area contributed by atoms with Gasteiger partial charge in [-0.2, -0.15) is 5.10 Å². The van der Waals surface area contributed by atoms with Crippen molar-refractivity contribution in [3.05, 3.63) is 66.2 Å². The summed E-state index contributed by atoms with van der Waals surface area (Å²) in [5.74, 6) is -0.379. The Balaban J connectivity index is 1.58. The highest BCUT2D eigenvalue weighted by atomic mass is 19.1. The molecular formula is C24H28FN5O2. The van der Waals surface area contributed by atoms with Crippen molar-refractivity contribution in [1.82, 2.24) is 20.4 Å². The lowest BCUT2D eigenvalue weighted by Gasteiger charge is -2.21. The van der Waals surface area contributed by atoms with E-state index in [9.17, 15) is 9.18 Å². The maximum Gasteiger partial charge on any atom is 0.229 e. The van der Waals surface area contributed by atoms with Crippen molar-refractivity contribution in [2.75, 3.05) is 45.7 Å². The predicted octanol–water partition coefficient (Wildman–Crippen LogP) is 3.10. The number of carbonyl (C=O) groups excluding carboxylic acids is 1. The van der Waals surface area contributed by atoms with Crippen molar-refractivity contribution < 1.29 is 13.9 Å². The third kappa shape index (κ3) is 4.98. The lowest BCUT2D eigenvalue weighted by atomic mass is 9.88. The molecule has 0 radical (unpaired) electrons. The summed E-state index contributed by atoms with van der Waals surface area (Å²) in [7, 11) is 3.90. The number of aromatic amines is 1. The van der Waals surface area contributed by atoms with Crippen LogP contribution in [0.2, 0.25) is 0 Å². The first-order valence-electron chi connectivity index (χ1n) is 10.7. The van der Waals surface area contributed by atoms with Gasteiger partial charge in [0.15, 0.2) is 0 Å². The number of rotatable bonds is 8. The highest BCUT2D eigenvalue weighted by molar-refractivity contribution is 5.95. The zero-order valence-electron chi connectivity index (χ0n) is 18.3. The topological polar surface area (TPSA) is 82.3 Å². The summed E-state index contributed by atoms with van der Waals surface area (Å²) in [6.07, 6.45) is 3.17. The van der Waals surface area contributed by atoms with Crippen molar-refractivity contribution in [2.45, 2.75) is 5.92 Å².